The number of nitrogens with zero attached hydrogens (tertiary/aromatic N) is 1. The van der Waals surface area contributed by atoms with Gasteiger partial charge in [0.25, 0.3) is 11.8 Å². The van der Waals surface area contributed by atoms with Gasteiger partial charge < -0.3 is 9.47 Å². The lowest BCUT2D eigenvalue weighted by atomic mass is 9.85. The molecule has 1 aromatic carbocycles. The number of esters is 1. The van der Waals surface area contributed by atoms with Crippen LogP contribution in [0.5, 0.6) is 0 Å². The third kappa shape index (κ3) is 3.10. The quantitative estimate of drug-likeness (QED) is 0.611. The first-order valence-electron chi connectivity index (χ1n) is 7.81. The Morgan fingerprint density at radius 1 is 1.25 bits per heavy atom. The van der Waals surface area contributed by atoms with Gasteiger partial charge in [-0.05, 0) is 37.6 Å². The number of rotatable bonds is 5. The molecule has 126 valence electrons. The second-order valence-electron chi connectivity index (χ2n) is 6.54. The number of ether oxygens (including phenoxy) is 2. The van der Waals surface area contributed by atoms with Crippen LogP contribution in [-0.2, 0) is 19.1 Å². The summed E-state index contributed by atoms with van der Waals surface area (Å²) in [5, 5.41) is 0. The number of amides is 2. The molecule has 1 fully saturated rings. The molecule has 0 aromatic heterocycles. The summed E-state index contributed by atoms with van der Waals surface area (Å²) in [7, 11) is 0. The summed E-state index contributed by atoms with van der Waals surface area (Å²) in [6, 6.07) is 6.25. The largest absolute Gasteiger partial charge is 0.462 e. The maximum Gasteiger partial charge on any atom is 0.338 e. The zero-order valence-corrected chi connectivity index (χ0v) is 13.7. The highest BCUT2D eigenvalue weighted by molar-refractivity contribution is 6.30. The summed E-state index contributed by atoms with van der Waals surface area (Å²) in [6.07, 6.45) is 2.06. The standard InChI is InChI=1S/C18H19NO5/c1-12-9-15(20)19(16(12)21)14-5-3-13(4-6-14)17(22)24-8-7-18(2)10-23-11-18/h3-6,9H,7-8,10-11H2,1-2H3. The lowest BCUT2D eigenvalue weighted by Gasteiger charge is -2.37. The van der Waals surface area contributed by atoms with E-state index in [-0.39, 0.29) is 17.2 Å². The van der Waals surface area contributed by atoms with Crippen molar-refractivity contribution in [3.8, 4) is 0 Å². The van der Waals surface area contributed by atoms with Crippen LogP contribution in [0.15, 0.2) is 35.9 Å². The van der Waals surface area contributed by atoms with E-state index in [0.29, 0.717) is 36.6 Å². The molecule has 3 rings (SSSR count). The highest BCUT2D eigenvalue weighted by Crippen LogP contribution is 2.30. The van der Waals surface area contributed by atoms with Gasteiger partial charge in [0.2, 0.25) is 0 Å². The zero-order chi connectivity index (χ0) is 17.3. The second kappa shape index (κ2) is 6.20. The van der Waals surface area contributed by atoms with Crippen LogP contribution in [0, 0.1) is 5.41 Å². The number of hydrogen-bond acceptors (Lipinski definition) is 5. The lowest BCUT2D eigenvalue weighted by molar-refractivity contribution is -0.120. The van der Waals surface area contributed by atoms with E-state index in [1.807, 2.05) is 0 Å². The Bertz CT molecular complexity index is 715. The number of anilines is 1. The Morgan fingerprint density at radius 2 is 1.92 bits per heavy atom. The summed E-state index contributed by atoms with van der Waals surface area (Å²) in [5.74, 6) is -1.13. The summed E-state index contributed by atoms with van der Waals surface area (Å²) < 4.78 is 10.4. The topological polar surface area (TPSA) is 72.9 Å². The lowest BCUT2D eigenvalue weighted by Crippen LogP contribution is -2.40. The van der Waals surface area contributed by atoms with Crippen molar-refractivity contribution < 1.29 is 23.9 Å². The van der Waals surface area contributed by atoms with Crippen molar-refractivity contribution >= 4 is 23.5 Å². The number of imide groups is 1. The first kappa shape index (κ1) is 16.4. The van der Waals surface area contributed by atoms with Crippen molar-refractivity contribution in [1.82, 2.24) is 0 Å². The molecule has 2 amide bonds. The average Bonchev–Trinajstić information content (AvgIpc) is 2.78. The van der Waals surface area contributed by atoms with Crippen molar-refractivity contribution in [2.24, 2.45) is 5.41 Å². The van der Waals surface area contributed by atoms with E-state index in [4.69, 9.17) is 9.47 Å². The number of carbonyl (C=O) groups is 3. The first-order valence-corrected chi connectivity index (χ1v) is 7.81. The molecule has 0 N–H and O–H groups in total. The van der Waals surface area contributed by atoms with E-state index in [1.54, 1.807) is 31.2 Å². The molecule has 0 saturated carbocycles. The van der Waals surface area contributed by atoms with E-state index in [0.717, 1.165) is 11.3 Å². The van der Waals surface area contributed by atoms with E-state index >= 15 is 0 Å². The SMILES string of the molecule is CC1=CC(=O)N(c2ccc(C(=O)OCCC3(C)COC3)cc2)C1=O. The molecule has 2 aliphatic heterocycles. The molecule has 0 unspecified atom stereocenters. The van der Waals surface area contributed by atoms with E-state index in [2.05, 4.69) is 6.92 Å². The van der Waals surface area contributed by atoms with Crippen molar-refractivity contribution in [2.75, 3.05) is 24.7 Å². The summed E-state index contributed by atoms with van der Waals surface area (Å²) in [5.41, 5.74) is 1.33. The molecule has 0 atom stereocenters. The molecular formula is C18H19NO5. The third-order valence-electron chi connectivity index (χ3n) is 4.30. The van der Waals surface area contributed by atoms with Crippen LogP contribution in [0.4, 0.5) is 5.69 Å². The summed E-state index contributed by atoms with van der Waals surface area (Å²) in [4.78, 5) is 36.9. The predicted molar refractivity (Wildman–Crippen MR) is 86.5 cm³/mol. The smallest absolute Gasteiger partial charge is 0.338 e. The summed E-state index contributed by atoms with van der Waals surface area (Å²) in [6.45, 7) is 5.43. The number of carbonyl (C=O) groups excluding carboxylic acids is 3. The van der Waals surface area contributed by atoms with E-state index < -0.39 is 5.97 Å². The van der Waals surface area contributed by atoms with Gasteiger partial charge in [-0.15, -0.1) is 0 Å². The van der Waals surface area contributed by atoms with Crippen molar-refractivity contribution in [2.45, 2.75) is 20.3 Å². The first-order chi connectivity index (χ1) is 11.4. The van der Waals surface area contributed by atoms with Crippen molar-refractivity contribution in [3.05, 3.63) is 41.5 Å². The monoisotopic (exact) mass is 329 g/mol. The van der Waals surface area contributed by atoms with Gasteiger partial charge in [-0.2, -0.15) is 0 Å². The molecule has 2 heterocycles. The average molecular weight is 329 g/mol. The Balaban J connectivity index is 1.59. The summed E-state index contributed by atoms with van der Waals surface area (Å²) >= 11 is 0. The van der Waals surface area contributed by atoms with Gasteiger partial charge in [0.05, 0.1) is 31.1 Å². The van der Waals surface area contributed by atoms with Crippen LogP contribution in [0.2, 0.25) is 0 Å². The second-order valence-corrected chi connectivity index (χ2v) is 6.54. The molecule has 6 heteroatoms. The highest BCUT2D eigenvalue weighted by atomic mass is 16.5. The van der Waals surface area contributed by atoms with E-state index in [1.165, 1.54) is 6.08 Å². The van der Waals surface area contributed by atoms with Gasteiger partial charge in [0.1, 0.15) is 0 Å². The maximum absolute atomic E-state index is 12.0. The Kier molecular flexibility index (Phi) is 4.24. The molecule has 0 spiro atoms. The number of hydrogen-bond donors (Lipinski definition) is 0. The minimum atomic E-state index is -0.418. The van der Waals surface area contributed by atoms with Crippen LogP contribution >= 0.6 is 0 Å². The molecule has 2 aliphatic rings. The number of benzene rings is 1. The van der Waals surface area contributed by atoms with Gasteiger partial charge in [0, 0.05) is 17.1 Å². The van der Waals surface area contributed by atoms with Gasteiger partial charge in [0.15, 0.2) is 0 Å². The Hall–Kier alpha value is -2.47. The molecule has 1 saturated heterocycles. The maximum atomic E-state index is 12.0. The molecular weight excluding hydrogens is 310 g/mol. The Labute approximate surface area is 140 Å². The van der Waals surface area contributed by atoms with Crippen molar-refractivity contribution in [1.29, 1.82) is 0 Å². The molecule has 1 aromatic rings. The fraction of sp³-hybridized carbons (Fsp3) is 0.389. The highest BCUT2D eigenvalue weighted by Gasteiger charge is 2.33. The molecule has 24 heavy (non-hydrogen) atoms. The van der Waals surface area contributed by atoms with Gasteiger partial charge in [-0.3, -0.25) is 9.59 Å². The fourth-order valence-electron chi connectivity index (χ4n) is 2.65. The van der Waals surface area contributed by atoms with Crippen LogP contribution in [0.1, 0.15) is 30.6 Å². The van der Waals surface area contributed by atoms with Gasteiger partial charge in [-0.25, -0.2) is 9.69 Å². The van der Waals surface area contributed by atoms with Crippen LogP contribution in [-0.4, -0.2) is 37.6 Å². The Morgan fingerprint density at radius 3 is 2.42 bits per heavy atom. The molecule has 0 aliphatic carbocycles. The molecule has 6 nitrogen and oxygen atoms in total. The molecule has 0 bridgehead atoms. The minimum absolute atomic E-state index is 0.103. The van der Waals surface area contributed by atoms with Crippen LogP contribution in [0.25, 0.3) is 0 Å². The minimum Gasteiger partial charge on any atom is -0.462 e. The molecule has 0 radical (unpaired) electrons. The van der Waals surface area contributed by atoms with Crippen LogP contribution < -0.4 is 4.90 Å². The zero-order valence-electron chi connectivity index (χ0n) is 13.7. The van der Waals surface area contributed by atoms with Gasteiger partial charge >= 0.3 is 5.97 Å². The van der Waals surface area contributed by atoms with Crippen LogP contribution in [0.3, 0.4) is 0 Å². The van der Waals surface area contributed by atoms with Gasteiger partial charge in [-0.1, -0.05) is 6.92 Å². The normalized spacial score (nSPS) is 19.1. The fourth-order valence-corrected chi connectivity index (χ4v) is 2.65. The third-order valence-corrected chi connectivity index (χ3v) is 4.30. The van der Waals surface area contributed by atoms with Crippen molar-refractivity contribution in [3.63, 3.8) is 0 Å². The predicted octanol–water partition coefficient (Wildman–Crippen LogP) is 2.09. The van der Waals surface area contributed by atoms with E-state index in [9.17, 15) is 14.4 Å².